The molecule has 0 unspecified atom stereocenters. The molecule has 0 bridgehead atoms. The number of hydrogen-bond donors (Lipinski definition) is 1. The number of carbonyl (C=O) groups is 3. The lowest BCUT2D eigenvalue weighted by molar-refractivity contribution is -0.113. The first-order valence-electron chi connectivity index (χ1n) is 9.70. The van der Waals surface area contributed by atoms with Gasteiger partial charge in [0.2, 0.25) is 5.91 Å². The number of ether oxygens (including phenoxy) is 2. The van der Waals surface area contributed by atoms with Crippen LogP contribution in [0.1, 0.15) is 26.5 Å². The van der Waals surface area contributed by atoms with Gasteiger partial charge in [-0.2, -0.15) is 0 Å². The number of aryl methyl sites for hydroxylation is 1. The van der Waals surface area contributed by atoms with E-state index < -0.39 is 11.9 Å². The molecule has 0 saturated carbocycles. The predicted octanol–water partition coefficient (Wildman–Crippen LogP) is 3.34. The van der Waals surface area contributed by atoms with Gasteiger partial charge in [-0.3, -0.25) is 9.36 Å². The summed E-state index contributed by atoms with van der Waals surface area (Å²) < 4.78 is 16.6. The van der Waals surface area contributed by atoms with Gasteiger partial charge in [-0.15, -0.1) is 16.8 Å². The second-order valence-electron chi connectivity index (χ2n) is 6.71. The molecule has 0 saturated heterocycles. The van der Waals surface area contributed by atoms with E-state index in [1.807, 2.05) is 11.5 Å². The number of anilines is 1. The van der Waals surface area contributed by atoms with Gasteiger partial charge in [0, 0.05) is 12.2 Å². The van der Waals surface area contributed by atoms with E-state index in [-0.39, 0.29) is 28.5 Å². The van der Waals surface area contributed by atoms with Crippen LogP contribution in [0.5, 0.6) is 0 Å². The van der Waals surface area contributed by atoms with Crippen LogP contribution in [0.25, 0.3) is 11.4 Å². The van der Waals surface area contributed by atoms with E-state index in [4.69, 9.17) is 13.9 Å². The highest BCUT2D eigenvalue weighted by Crippen LogP contribution is 2.27. The van der Waals surface area contributed by atoms with Gasteiger partial charge in [-0.25, -0.2) is 9.59 Å². The molecule has 0 spiro atoms. The Hall–Kier alpha value is -3.86. The largest absolute Gasteiger partial charge is 0.469 e. The van der Waals surface area contributed by atoms with Crippen molar-refractivity contribution in [2.45, 2.75) is 18.6 Å². The highest BCUT2D eigenvalue weighted by Gasteiger charge is 2.19. The van der Waals surface area contributed by atoms with Crippen molar-refractivity contribution in [2.75, 3.05) is 25.3 Å². The zero-order valence-corrected chi connectivity index (χ0v) is 19.1. The predicted molar refractivity (Wildman–Crippen MR) is 121 cm³/mol. The molecule has 1 N–H and O–H groups in total. The van der Waals surface area contributed by atoms with Crippen LogP contribution < -0.4 is 5.32 Å². The van der Waals surface area contributed by atoms with Gasteiger partial charge >= 0.3 is 11.9 Å². The zero-order valence-electron chi connectivity index (χ0n) is 18.3. The third kappa shape index (κ3) is 5.50. The van der Waals surface area contributed by atoms with E-state index in [1.54, 1.807) is 18.4 Å². The van der Waals surface area contributed by atoms with Crippen molar-refractivity contribution in [3.63, 3.8) is 0 Å². The van der Waals surface area contributed by atoms with Crippen LogP contribution in [0.3, 0.4) is 0 Å². The van der Waals surface area contributed by atoms with Crippen molar-refractivity contribution in [1.82, 2.24) is 14.8 Å². The molecule has 11 heteroatoms. The molecule has 10 nitrogen and oxygen atoms in total. The van der Waals surface area contributed by atoms with Gasteiger partial charge in [-0.1, -0.05) is 17.8 Å². The normalized spacial score (nSPS) is 10.5. The number of furan rings is 1. The lowest BCUT2D eigenvalue weighted by Gasteiger charge is -2.10. The van der Waals surface area contributed by atoms with Gasteiger partial charge in [0.15, 0.2) is 11.0 Å². The average molecular weight is 471 g/mol. The Morgan fingerprint density at radius 2 is 1.82 bits per heavy atom. The van der Waals surface area contributed by atoms with Crippen molar-refractivity contribution in [3.05, 3.63) is 60.1 Å². The summed E-state index contributed by atoms with van der Waals surface area (Å²) in [7, 11) is 2.45. The van der Waals surface area contributed by atoms with Crippen molar-refractivity contribution in [3.8, 4) is 11.4 Å². The molecule has 0 aliphatic heterocycles. The van der Waals surface area contributed by atoms with Crippen LogP contribution in [0.4, 0.5) is 5.69 Å². The minimum Gasteiger partial charge on any atom is -0.469 e. The third-order valence-electron chi connectivity index (χ3n) is 4.52. The number of thioether (sulfide) groups is 1. The maximum atomic E-state index is 12.6. The Labute approximate surface area is 194 Å². The summed E-state index contributed by atoms with van der Waals surface area (Å²) in [5.41, 5.74) is 1.27. The Morgan fingerprint density at radius 3 is 2.36 bits per heavy atom. The van der Waals surface area contributed by atoms with E-state index in [0.717, 1.165) is 5.56 Å². The number of rotatable bonds is 9. The molecule has 3 aromatic rings. The SMILES string of the molecule is C=CCn1c(SCC(=O)Nc2cc(C(=O)OC)cc(C(=O)OC)c2)nnc1-c1ccoc1C. The maximum absolute atomic E-state index is 12.6. The summed E-state index contributed by atoms with van der Waals surface area (Å²) in [4.78, 5) is 36.4. The van der Waals surface area contributed by atoms with Crippen molar-refractivity contribution < 1.29 is 28.3 Å². The van der Waals surface area contributed by atoms with Crippen LogP contribution in [0.2, 0.25) is 0 Å². The molecule has 0 atom stereocenters. The monoisotopic (exact) mass is 470 g/mol. The highest BCUT2D eigenvalue weighted by atomic mass is 32.2. The van der Waals surface area contributed by atoms with Gasteiger partial charge < -0.3 is 19.2 Å². The second-order valence-corrected chi connectivity index (χ2v) is 7.66. The fraction of sp³-hybridized carbons (Fsp3) is 0.227. The standard InChI is InChI=1S/C22H22N4O6S/c1-5-7-26-19(17-6-8-32-13(17)2)24-25-22(26)33-12-18(27)23-16-10-14(20(28)30-3)9-15(11-16)21(29)31-4/h5-6,8-11H,1,7,12H2,2-4H3,(H,23,27). The number of benzene rings is 1. The first kappa shape index (κ1) is 23.8. The maximum Gasteiger partial charge on any atom is 0.337 e. The number of aromatic nitrogens is 3. The minimum absolute atomic E-state index is 0.00958. The van der Waals surface area contributed by atoms with Crippen molar-refractivity contribution in [2.24, 2.45) is 0 Å². The number of nitrogens with zero attached hydrogens (tertiary/aromatic N) is 3. The summed E-state index contributed by atoms with van der Waals surface area (Å²) >= 11 is 1.18. The average Bonchev–Trinajstić information content (AvgIpc) is 3.41. The number of nitrogens with one attached hydrogen (secondary N) is 1. The molecule has 0 radical (unpaired) electrons. The molecule has 3 rings (SSSR count). The van der Waals surface area contributed by atoms with E-state index in [9.17, 15) is 14.4 Å². The lowest BCUT2D eigenvalue weighted by Crippen LogP contribution is -2.16. The molecule has 1 amide bonds. The summed E-state index contributed by atoms with van der Waals surface area (Å²) in [6.07, 6.45) is 3.28. The highest BCUT2D eigenvalue weighted by molar-refractivity contribution is 7.99. The molecule has 33 heavy (non-hydrogen) atoms. The number of esters is 2. The number of allylic oxidation sites excluding steroid dienone is 1. The summed E-state index contributed by atoms with van der Waals surface area (Å²) in [5.74, 6) is -0.343. The quantitative estimate of drug-likeness (QED) is 0.285. The first-order chi connectivity index (χ1) is 15.9. The van der Waals surface area contributed by atoms with Gasteiger partial charge in [0.25, 0.3) is 0 Å². The molecule has 2 heterocycles. The minimum atomic E-state index is -0.648. The van der Waals surface area contributed by atoms with Gasteiger partial charge in [0.05, 0.1) is 42.9 Å². The van der Waals surface area contributed by atoms with Crippen LogP contribution in [0.15, 0.2) is 52.8 Å². The number of amides is 1. The molecule has 2 aromatic heterocycles. The molecule has 172 valence electrons. The molecular formula is C22H22N4O6S. The Bertz CT molecular complexity index is 1170. The molecule has 1 aromatic carbocycles. The Balaban J connectivity index is 1.76. The van der Waals surface area contributed by atoms with Crippen LogP contribution in [0, 0.1) is 6.92 Å². The van der Waals surface area contributed by atoms with Crippen molar-refractivity contribution in [1.29, 1.82) is 0 Å². The fourth-order valence-electron chi connectivity index (χ4n) is 3.00. The zero-order chi connectivity index (χ0) is 24.0. The Kier molecular flexibility index (Phi) is 7.67. The number of methoxy groups -OCH3 is 2. The molecular weight excluding hydrogens is 448 g/mol. The van der Waals surface area contributed by atoms with Crippen LogP contribution >= 0.6 is 11.8 Å². The van der Waals surface area contributed by atoms with Gasteiger partial charge in [-0.05, 0) is 31.2 Å². The summed E-state index contributed by atoms with van der Waals surface area (Å²) in [6, 6.07) is 5.97. The molecule has 0 fully saturated rings. The van der Waals surface area contributed by atoms with Gasteiger partial charge in [0.1, 0.15) is 5.76 Å². The lowest BCUT2D eigenvalue weighted by atomic mass is 10.1. The first-order valence-corrected chi connectivity index (χ1v) is 10.7. The van der Waals surface area contributed by atoms with E-state index in [1.165, 1.54) is 44.2 Å². The van der Waals surface area contributed by atoms with E-state index in [0.29, 0.717) is 23.3 Å². The topological polar surface area (TPSA) is 126 Å². The smallest absolute Gasteiger partial charge is 0.337 e. The summed E-state index contributed by atoms with van der Waals surface area (Å²) in [6.45, 7) is 6.04. The third-order valence-corrected chi connectivity index (χ3v) is 5.49. The fourth-order valence-corrected chi connectivity index (χ4v) is 3.75. The molecule has 0 aliphatic rings. The van der Waals surface area contributed by atoms with Crippen LogP contribution in [-0.4, -0.2) is 52.6 Å². The van der Waals surface area contributed by atoms with Crippen LogP contribution in [-0.2, 0) is 20.8 Å². The van der Waals surface area contributed by atoms with E-state index in [2.05, 4.69) is 22.1 Å². The Morgan fingerprint density at radius 1 is 1.15 bits per heavy atom. The van der Waals surface area contributed by atoms with E-state index >= 15 is 0 Å². The number of carbonyl (C=O) groups excluding carboxylic acids is 3. The summed E-state index contributed by atoms with van der Waals surface area (Å²) in [5, 5.41) is 11.6. The second kappa shape index (κ2) is 10.6. The van der Waals surface area contributed by atoms with Crippen molar-refractivity contribution >= 4 is 35.3 Å². The molecule has 0 aliphatic carbocycles. The number of hydrogen-bond acceptors (Lipinski definition) is 9.